The number of aliphatic carboxylic acids is 1. The van der Waals surface area contributed by atoms with Crippen molar-refractivity contribution in [3.63, 3.8) is 0 Å². The van der Waals surface area contributed by atoms with E-state index in [-0.39, 0.29) is 18.1 Å². The summed E-state index contributed by atoms with van der Waals surface area (Å²) in [6, 6.07) is 13.6. The number of benzene rings is 1. The van der Waals surface area contributed by atoms with Crippen molar-refractivity contribution in [2.24, 2.45) is 0 Å². The third-order valence-corrected chi connectivity index (χ3v) is 5.54. The average Bonchev–Trinajstić information content (AvgIpc) is 3.25. The first-order chi connectivity index (χ1) is 15.1. The molecule has 3 heterocycles. The van der Waals surface area contributed by atoms with Crippen LogP contribution in [0.25, 0.3) is 5.76 Å². The highest BCUT2D eigenvalue weighted by Gasteiger charge is 2.18. The number of carboxylic acid groups (broad SMARTS) is 1. The summed E-state index contributed by atoms with van der Waals surface area (Å²) in [7, 11) is 0. The SMILES string of the molecule is O=C(O)CC(Cn1cncc1/C(O)=C/Cc1ccc2c(n1)NCCC2)c1ccccc1. The molecule has 1 aliphatic rings. The van der Waals surface area contributed by atoms with Crippen molar-refractivity contribution < 1.29 is 15.0 Å². The lowest BCUT2D eigenvalue weighted by Gasteiger charge is -2.18. The Labute approximate surface area is 181 Å². The number of rotatable bonds is 8. The fourth-order valence-electron chi connectivity index (χ4n) is 3.93. The second-order valence-electron chi connectivity index (χ2n) is 7.77. The Hall–Kier alpha value is -3.61. The van der Waals surface area contributed by atoms with Gasteiger partial charge in [-0.25, -0.2) is 9.97 Å². The van der Waals surface area contributed by atoms with E-state index < -0.39 is 5.97 Å². The van der Waals surface area contributed by atoms with Gasteiger partial charge in [0.15, 0.2) is 0 Å². The number of carbonyl (C=O) groups is 1. The number of allylic oxidation sites excluding steroid dienone is 1. The summed E-state index contributed by atoms with van der Waals surface area (Å²) in [4.78, 5) is 20.2. The lowest BCUT2D eigenvalue weighted by Crippen LogP contribution is -2.14. The number of carboxylic acids is 1. The van der Waals surface area contributed by atoms with Crippen molar-refractivity contribution in [3.05, 3.63) is 83.6 Å². The average molecular weight is 418 g/mol. The Morgan fingerprint density at radius 2 is 2.03 bits per heavy atom. The number of nitrogens with one attached hydrogen (secondary N) is 1. The molecule has 0 bridgehead atoms. The van der Waals surface area contributed by atoms with Gasteiger partial charge in [-0.3, -0.25) is 4.79 Å². The topological polar surface area (TPSA) is 100 Å². The monoisotopic (exact) mass is 418 g/mol. The molecule has 0 amide bonds. The maximum Gasteiger partial charge on any atom is 0.304 e. The van der Waals surface area contributed by atoms with E-state index in [1.54, 1.807) is 23.2 Å². The molecule has 31 heavy (non-hydrogen) atoms. The van der Waals surface area contributed by atoms with Gasteiger partial charge in [0.05, 0.1) is 18.9 Å². The van der Waals surface area contributed by atoms with Gasteiger partial charge in [0.1, 0.15) is 17.3 Å². The quantitative estimate of drug-likeness (QED) is 0.478. The van der Waals surface area contributed by atoms with Gasteiger partial charge in [-0.1, -0.05) is 36.4 Å². The standard InChI is InChI=1S/C24H26N4O3/c29-22(11-10-20-9-8-18-7-4-12-26-24(18)27-20)21-14-25-16-28(21)15-19(13-23(30)31)17-5-2-1-3-6-17/h1-3,5-6,8-9,11,14,16,19,29H,4,7,10,12-13,15H2,(H,26,27)(H,30,31)/b22-11-. The third-order valence-electron chi connectivity index (χ3n) is 5.54. The molecule has 0 fully saturated rings. The number of aliphatic hydroxyl groups excluding tert-OH is 1. The van der Waals surface area contributed by atoms with Gasteiger partial charge in [0, 0.05) is 31.1 Å². The van der Waals surface area contributed by atoms with Gasteiger partial charge in [-0.15, -0.1) is 0 Å². The molecule has 7 heteroatoms. The normalized spacial score (nSPS) is 14.5. The Kier molecular flexibility index (Phi) is 6.31. The molecule has 1 aliphatic heterocycles. The Morgan fingerprint density at radius 3 is 2.84 bits per heavy atom. The van der Waals surface area contributed by atoms with E-state index in [0.29, 0.717) is 18.7 Å². The van der Waals surface area contributed by atoms with Crippen molar-refractivity contribution >= 4 is 17.5 Å². The molecule has 1 unspecified atom stereocenters. The summed E-state index contributed by atoms with van der Waals surface area (Å²) in [5.74, 6) is -0.0524. The highest BCUT2D eigenvalue weighted by atomic mass is 16.4. The fourth-order valence-corrected chi connectivity index (χ4v) is 3.93. The lowest BCUT2D eigenvalue weighted by atomic mass is 9.95. The minimum atomic E-state index is -0.859. The van der Waals surface area contributed by atoms with Crippen molar-refractivity contribution in [2.45, 2.75) is 38.1 Å². The minimum Gasteiger partial charge on any atom is -0.506 e. The van der Waals surface area contributed by atoms with E-state index in [2.05, 4.69) is 21.4 Å². The molecule has 3 N–H and O–H groups in total. The van der Waals surface area contributed by atoms with Crippen LogP contribution < -0.4 is 5.32 Å². The number of anilines is 1. The van der Waals surface area contributed by atoms with Crippen molar-refractivity contribution in [2.75, 3.05) is 11.9 Å². The third kappa shape index (κ3) is 5.12. The first-order valence-electron chi connectivity index (χ1n) is 10.5. The molecule has 160 valence electrons. The molecule has 4 rings (SSSR count). The first kappa shape index (κ1) is 20.7. The minimum absolute atomic E-state index is 0.00183. The van der Waals surface area contributed by atoms with Gasteiger partial charge in [-0.05, 0) is 36.1 Å². The molecular formula is C24H26N4O3. The van der Waals surface area contributed by atoms with E-state index in [1.807, 2.05) is 36.4 Å². The number of hydrogen-bond acceptors (Lipinski definition) is 5. The van der Waals surface area contributed by atoms with E-state index in [9.17, 15) is 15.0 Å². The molecule has 2 aromatic heterocycles. The van der Waals surface area contributed by atoms with Crippen LogP contribution in [0, 0.1) is 0 Å². The zero-order chi connectivity index (χ0) is 21.6. The summed E-state index contributed by atoms with van der Waals surface area (Å²) >= 11 is 0. The predicted molar refractivity (Wildman–Crippen MR) is 119 cm³/mol. The lowest BCUT2D eigenvalue weighted by molar-refractivity contribution is -0.137. The number of imidazole rings is 1. The highest BCUT2D eigenvalue weighted by Crippen LogP contribution is 2.24. The van der Waals surface area contributed by atoms with Gasteiger partial charge < -0.3 is 20.1 Å². The summed E-state index contributed by atoms with van der Waals surface area (Å²) in [6.07, 6.45) is 7.58. The molecule has 0 saturated heterocycles. The molecule has 3 aromatic rings. The van der Waals surface area contributed by atoms with Crippen LogP contribution in [0.15, 0.2) is 61.1 Å². The number of hydrogen-bond donors (Lipinski definition) is 3. The van der Waals surface area contributed by atoms with E-state index in [0.717, 1.165) is 36.5 Å². The molecule has 1 aromatic carbocycles. The number of aryl methyl sites for hydroxylation is 1. The van der Waals surface area contributed by atoms with Crippen LogP contribution in [0.5, 0.6) is 0 Å². The van der Waals surface area contributed by atoms with Crippen LogP contribution in [-0.2, 0) is 24.2 Å². The molecule has 0 radical (unpaired) electrons. The number of aliphatic hydroxyl groups is 1. The summed E-state index contributed by atoms with van der Waals surface area (Å²) in [5.41, 5.74) is 3.60. The maximum atomic E-state index is 11.4. The molecule has 0 spiro atoms. The van der Waals surface area contributed by atoms with Crippen LogP contribution in [0.4, 0.5) is 5.82 Å². The first-order valence-corrected chi connectivity index (χ1v) is 10.5. The van der Waals surface area contributed by atoms with Gasteiger partial charge >= 0.3 is 5.97 Å². The molecular weight excluding hydrogens is 392 g/mol. The molecule has 0 aliphatic carbocycles. The second kappa shape index (κ2) is 9.47. The predicted octanol–water partition coefficient (Wildman–Crippen LogP) is 4.04. The van der Waals surface area contributed by atoms with Gasteiger partial charge in [-0.2, -0.15) is 0 Å². The Morgan fingerprint density at radius 1 is 1.19 bits per heavy atom. The van der Waals surface area contributed by atoms with Crippen molar-refractivity contribution in [1.82, 2.24) is 14.5 Å². The second-order valence-corrected chi connectivity index (χ2v) is 7.77. The zero-order valence-corrected chi connectivity index (χ0v) is 17.2. The Balaban J connectivity index is 1.50. The van der Waals surface area contributed by atoms with Crippen LogP contribution in [0.1, 0.15) is 41.3 Å². The number of aromatic nitrogens is 3. The van der Waals surface area contributed by atoms with E-state index in [4.69, 9.17) is 0 Å². The smallest absolute Gasteiger partial charge is 0.304 e. The zero-order valence-electron chi connectivity index (χ0n) is 17.2. The molecule has 7 nitrogen and oxygen atoms in total. The van der Waals surface area contributed by atoms with Crippen LogP contribution >= 0.6 is 0 Å². The number of nitrogens with zero attached hydrogens (tertiary/aromatic N) is 3. The van der Waals surface area contributed by atoms with Gasteiger partial charge in [0.25, 0.3) is 0 Å². The van der Waals surface area contributed by atoms with Crippen molar-refractivity contribution in [3.8, 4) is 0 Å². The number of pyridine rings is 1. The summed E-state index contributed by atoms with van der Waals surface area (Å²) in [6.45, 7) is 1.34. The van der Waals surface area contributed by atoms with E-state index >= 15 is 0 Å². The van der Waals surface area contributed by atoms with Crippen molar-refractivity contribution in [1.29, 1.82) is 0 Å². The van der Waals surface area contributed by atoms with E-state index in [1.165, 1.54) is 5.56 Å². The Bertz CT molecular complexity index is 1080. The highest BCUT2D eigenvalue weighted by molar-refractivity contribution is 5.68. The molecule has 1 atom stereocenters. The number of fused-ring (bicyclic) bond motifs is 1. The fraction of sp³-hybridized carbons (Fsp3) is 0.292. The van der Waals surface area contributed by atoms with Crippen LogP contribution in [0.3, 0.4) is 0 Å². The summed E-state index contributed by atoms with van der Waals surface area (Å²) in [5, 5.41) is 23.4. The molecule has 0 saturated carbocycles. The summed E-state index contributed by atoms with van der Waals surface area (Å²) < 4.78 is 1.80. The maximum absolute atomic E-state index is 11.4. The van der Waals surface area contributed by atoms with Crippen LogP contribution in [-0.4, -0.2) is 37.3 Å². The van der Waals surface area contributed by atoms with Crippen LogP contribution in [0.2, 0.25) is 0 Å². The largest absolute Gasteiger partial charge is 0.506 e. The van der Waals surface area contributed by atoms with Gasteiger partial charge in [0.2, 0.25) is 0 Å².